The molecule has 4 unspecified atom stereocenters. The summed E-state index contributed by atoms with van der Waals surface area (Å²) in [5, 5.41) is 5.62. The summed E-state index contributed by atoms with van der Waals surface area (Å²) in [6, 6.07) is 11.1. The first-order valence-corrected chi connectivity index (χ1v) is 12.6. The van der Waals surface area contributed by atoms with Crippen LogP contribution >= 0.6 is 0 Å². The molecule has 2 aromatic carbocycles. The van der Waals surface area contributed by atoms with Crippen molar-refractivity contribution in [3.8, 4) is 5.75 Å². The molecule has 1 aliphatic carbocycles. The summed E-state index contributed by atoms with van der Waals surface area (Å²) >= 11 is 0. The summed E-state index contributed by atoms with van der Waals surface area (Å²) in [5.41, 5.74) is 2.61. The SMILES string of the molecule is COc1ccc(NC(=O)C(c2cc(C)cc(C)c2)N(C(=O)C(C)NC(=O)OC(C)(C)C)C2CC2C)cc1. The Hall–Kier alpha value is -3.55. The molecule has 4 atom stereocenters. The Balaban J connectivity index is 1.97. The Kier molecular flexibility index (Phi) is 8.51. The quantitative estimate of drug-likeness (QED) is 0.514. The van der Waals surface area contributed by atoms with Crippen LogP contribution in [0.5, 0.6) is 5.75 Å². The molecule has 0 spiro atoms. The number of hydrogen-bond acceptors (Lipinski definition) is 5. The lowest BCUT2D eigenvalue weighted by Gasteiger charge is -2.34. The van der Waals surface area contributed by atoms with E-state index in [2.05, 4.69) is 17.6 Å². The van der Waals surface area contributed by atoms with Gasteiger partial charge >= 0.3 is 6.09 Å². The number of aryl methyl sites for hydroxylation is 2. The van der Waals surface area contributed by atoms with Gasteiger partial charge < -0.3 is 25.0 Å². The Bertz CT molecular complexity index is 1120. The van der Waals surface area contributed by atoms with Crippen LogP contribution in [0.3, 0.4) is 0 Å². The number of amides is 3. The number of ether oxygens (including phenoxy) is 2. The molecule has 0 radical (unpaired) electrons. The third-order valence-electron chi connectivity index (χ3n) is 6.23. The molecule has 200 valence electrons. The van der Waals surface area contributed by atoms with Crippen molar-refractivity contribution in [2.45, 2.75) is 78.6 Å². The van der Waals surface area contributed by atoms with Crippen LogP contribution in [-0.2, 0) is 14.3 Å². The fourth-order valence-corrected chi connectivity index (χ4v) is 4.43. The second-order valence-electron chi connectivity index (χ2n) is 10.9. The van der Waals surface area contributed by atoms with Crippen LogP contribution in [0, 0.1) is 19.8 Å². The largest absolute Gasteiger partial charge is 0.497 e. The number of benzene rings is 2. The first-order valence-electron chi connectivity index (χ1n) is 12.6. The van der Waals surface area contributed by atoms with Crippen LogP contribution in [-0.4, -0.2) is 47.6 Å². The average molecular weight is 510 g/mol. The van der Waals surface area contributed by atoms with Crippen molar-refractivity contribution >= 4 is 23.6 Å². The van der Waals surface area contributed by atoms with Gasteiger partial charge in [0.05, 0.1) is 7.11 Å². The van der Waals surface area contributed by atoms with Gasteiger partial charge in [0.2, 0.25) is 5.91 Å². The molecule has 2 N–H and O–H groups in total. The molecule has 37 heavy (non-hydrogen) atoms. The van der Waals surface area contributed by atoms with E-state index in [1.807, 2.05) is 32.0 Å². The van der Waals surface area contributed by atoms with E-state index < -0.39 is 23.8 Å². The predicted octanol–water partition coefficient (Wildman–Crippen LogP) is 5.14. The van der Waals surface area contributed by atoms with Crippen molar-refractivity contribution in [2.24, 2.45) is 5.92 Å². The van der Waals surface area contributed by atoms with E-state index >= 15 is 0 Å². The number of methoxy groups -OCH3 is 1. The molecule has 8 nitrogen and oxygen atoms in total. The van der Waals surface area contributed by atoms with Gasteiger partial charge in [-0.05, 0) is 83.7 Å². The molecule has 0 heterocycles. The molecule has 8 heteroatoms. The maximum absolute atomic E-state index is 13.9. The Labute approximate surface area is 219 Å². The number of alkyl carbamates (subject to hydrolysis) is 1. The molecule has 0 aromatic heterocycles. The van der Waals surface area contributed by atoms with Crippen LogP contribution in [0.25, 0.3) is 0 Å². The maximum atomic E-state index is 13.9. The molecule has 1 aliphatic rings. The maximum Gasteiger partial charge on any atom is 0.408 e. The highest BCUT2D eigenvalue weighted by atomic mass is 16.6. The molecular weight excluding hydrogens is 470 g/mol. The lowest BCUT2D eigenvalue weighted by molar-refractivity contribution is -0.141. The monoisotopic (exact) mass is 509 g/mol. The van der Waals surface area contributed by atoms with Gasteiger partial charge in [-0.3, -0.25) is 9.59 Å². The van der Waals surface area contributed by atoms with Crippen molar-refractivity contribution in [1.29, 1.82) is 0 Å². The minimum Gasteiger partial charge on any atom is -0.497 e. The summed E-state index contributed by atoms with van der Waals surface area (Å²) in [7, 11) is 1.58. The first kappa shape index (κ1) is 28.0. The van der Waals surface area contributed by atoms with E-state index in [0.717, 1.165) is 23.1 Å². The van der Waals surface area contributed by atoms with Crippen LogP contribution in [0.4, 0.5) is 10.5 Å². The lowest BCUT2D eigenvalue weighted by Crippen LogP contribution is -2.52. The van der Waals surface area contributed by atoms with Crippen molar-refractivity contribution in [3.63, 3.8) is 0 Å². The third-order valence-corrected chi connectivity index (χ3v) is 6.23. The van der Waals surface area contributed by atoms with Crippen molar-refractivity contribution in [2.75, 3.05) is 12.4 Å². The fraction of sp³-hybridized carbons (Fsp3) is 0.483. The third kappa shape index (κ3) is 7.47. The average Bonchev–Trinajstić information content (AvgIpc) is 3.50. The summed E-state index contributed by atoms with van der Waals surface area (Å²) in [6.45, 7) is 12.9. The van der Waals surface area contributed by atoms with Gasteiger partial charge in [0.1, 0.15) is 23.4 Å². The molecule has 2 aromatic rings. The number of anilines is 1. The molecule has 0 saturated heterocycles. The van der Waals surface area contributed by atoms with E-state index in [-0.39, 0.29) is 23.8 Å². The smallest absolute Gasteiger partial charge is 0.408 e. The van der Waals surface area contributed by atoms with Gasteiger partial charge in [0, 0.05) is 11.7 Å². The van der Waals surface area contributed by atoms with E-state index in [9.17, 15) is 14.4 Å². The zero-order valence-corrected chi connectivity index (χ0v) is 23.0. The number of carbonyl (C=O) groups excluding carboxylic acids is 3. The molecule has 3 amide bonds. The Morgan fingerprint density at radius 2 is 1.59 bits per heavy atom. The van der Waals surface area contributed by atoms with E-state index in [1.165, 1.54) is 0 Å². The van der Waals surface area contributed by atoms with E-state index in [1.54, 1.807) is 64.0 Å². The number of carbonyl (C=O) groups is 3. The highest BCUT2D eigenvalue weighted by Gasteiger charge is 2.47. The van der Waals surface area contributed by atoms with Crippen molar-refractivity contribution < 1.29 is 23.9 Å². The van der Waals surface area contributed by atoms with Gasteiger partial charge in [-0.15, -0.1) is 0 Å². The molecule has 0 bridgehead atoms. The second-order valence-corrected chi connectivity index (χ2v) is 10.9. The molecule has 0 aliphatic heterocycles. The van der Waals surface area contributed by atoms with Gasteiger partial charge in [0.15, 0.2) is 0 Å². The standard InChI is InChI=1S/C29H39N3O5/c1-17-13-18(2)15-21(14-17)25(26(33)31-22-9-11-23(36-8)12-10-22)32(24-16-19(24)3)27(34)20(4)30-28(35)37-29(5,6)7/h9-15,19-20,24-25H,16H2,1-8H3,(H,30,35)(H,31,33). The van der Waals surface area contributed by atoms with Crippen molar-refractivity contribution in [3.05, 3.63) is 59.2 Å². The summed E-state index contributed by atoms with van der Waals surface area (Å²) in [4.78, 5) is 41.8. The van der Waals surface area contributed by atoms with Gasteiger partial charge in [-0.2, -0.15) is 0 Å². The highest BCUT2D eigenvalue weighted by Crippen LogP contribution is 2.41. The van der Waals surface area contributed by atoms with Crippen LogP contribution in [0.1, 0.15) is 63.8 Å². The summed E-state index contributed by atoms with van der Waals surface area (Å²) in [6.07, 6.45) is 0.102. The molecule has 1 saturated carbocycles. The topological polar surface area (TPSA) is 97.0 Å². The van der Waals surface area contributed by atoms with Gasteiger partial charge in [-0.25, -0.2) is 4.79 Å². The minimum absolute atomic E-state index is 0.122. The van der Waals surface area contributed by atoms with E-state index in [0.29, 0.717) is 11.4 Å². The molecular formula is C29H39N3O5. The normalized spacial score (nSPS) is 18.3. The summed E-state index contributed by atoms with van der Waals surface area (Å²) < 4.78 is 10.6. The Morgan fingerprint density at radius 1 is 1.03 bits per heavy atom. The van der Waals surface area contributed by atoms with Gasteiger partial charge in [-0.1, -0.05) is 36.2 Å². The predicted molar refractivity (Wildman–Crippen MR) is 144 cm³/mol. The van der Waals surface area contributed by atoms with Crippen LogP contribution in [0.15, 0.2) is 42.5 Å². The highest BCUT2D eigenvalue weighted by molar-refractivity contribution is 5.99. The number of nitrogens with zero attached hydrogens (tertiary/aromatic N) is 1. The number of rotatable bonds is 8. The van der Waals surface area contributed by atoms with Crippen LogP contribution in [0.2, 0.25) is 0 Å². The molecule has 1 fully saturated rings. The first-order chi connectivity index (χ1) is 17.3. The Morgan fingerprint density at radius 3 is 2.08 bits per heavy atom. The number of nitrogens with one attached hydrogen (secondary N) is 2. The van der Waals surface area contributed by atoms with E-state index in [4.69, 9.17) is 9.47 Å². The number of hydrogen-bond donors (Lipinski definition) is 2. The zero-order chi connectivity index (χ0) is 27.5. The van der Waals surface area contributed by atoms with Crippen LogP contribution < -0.4 is 15.4 Å². The lowest BCUT2D eigenvalue weighted by atomic mass is 9.98. The van der Waals surface area contributed by atoms with Crippen molar-refractivity contribution in [1.82, 2.24) is 10.2 Å². The molecule has 3 rings (SSSR count). The minimum atomic E-state index is -0.884. The van der Waals surface area contributed by atoms with Gasteiger partial charge in [0.25, 0.3) is 5.91 Å². The fourth-order valence-electron chi connectivity index (χ4n) is 4.43. The summed E-state index contributed by atoms with van der Waals surface area (Å²) in [5.74, 6) is 0.246. The zero-order valence-electron chi connectivity index (χ0n) is 23.0. The second kappa shape index (κ2) is 11.2.